The second kappa shape index (κ2) is 18.3. The molecule has 0 saturated heterocycles. The summed E-state index contributed by atoms with van der Waals surface area (Å²) in [4.78, 5) is 64.1. The van der Waals surface area contributed by atoms with E-state index in [1.54, 1.807) is 49.2 Å². The molecular formula is C30H39N3O9. The van der Waals surface area contributed by atoms with Crippen LogP contribution in [0.4, 0.5) is 0 Å². The minimum atomic E-state index is -1.19. The molecule has 0 radical (unpaired) electrons. The first-order valence-electron chi connectivity index (χ1n) is 13.5. The van der Waals surface area contributed by atoms with E-state index in [4.69, 9.17) is 19.3 Å². The Hall–Kier alpha value is -4.13. The summed E-state index contributed by atoms with van der Waals surface area (Å²) in [5.41, 5.74) is 2.68. The second-order valence-electron chi connectivity index (χ2n) is 9.45. The van der Waals surface area contributed by atoms with Gasteiger partial charge in [-0.05, 0) is 37.1 Å². The van der Waals surface area contributed by atoms with E-state index in [1.165, 1.54) is 4.90 Å². The van der Waals surface area contributed by atoms with Crippen LogP contribution in [-0.4, -0.2) is 123 Å². The third-order valence-corrected chi connectivity index (χ3v) is 6.35. The smallest absolute Gasteiger partial charge is 0.329 e. The molecule has 12 nitrogen and oxygen atoms in total. The fourth-order valence-corrected chi connectivity index (χ4v) is 3.89. The number of ether oxygens (including phenoxy) is 3. The van der Waals surface area contributed by atoms with E-state index in [9.17, 15) is 24.0 Å². The lowest BCUT2D eigenvalue weighted by molar-refractivity contribution is -0.146. The van der Waals surface area contributed by atoms with Gasteiger partial charge in [0.15, 0.2) is 0 Å². The molecule has 0 aliphatic rings. The summed E-state index contributed by atoms with van der Waals surface area (Å²) in [5, 5.41) is 8.76. The van der Waals surface area contributed by atoms with Crippen LogP contribution in [0.25, 0.3) is 0 Å². The van der Waals surface area contributed by atoms with Gasteiger partial charge in [0.25, 0.3) is 11.8 Å². The molecular weight excluding hydrogens is 546 g/mol. The molecule has 0 bridgehead atoms. The standard InChI is InChI=1S/C30H39N3O9/c1-23-8-4-6-10-25(23)29(38)31(3)12-16-40-17-13-32(27(35)20-42-21-28(36)37)14-18-41-19-15-33(22-34)30(39)26-11-7-5-9-24(26)2/h4-11,22H,12-21H2,1-3H3,(H,36,37). The van der Waals surface area contributed by atoms with Crippen LogP contribution in [-0.2, 0) is 28.6 Å². The molecule has 2 rings (SSSR count). The Labute approximate surface area is 245 Å². The maximum Gasteiger partial charge on any atom is 0.329 e. The summed E-state index contributed by atoms with van der Waals surface area (Å²) in [6.07, 6.45) is 0.455. The van der Waals surface area contributed by atoms with Gasteiger partial charge in [-0.2, -0.15) is 0 Å². The van der Waals surface area contributed by atoms with E-state index in [0.717, 1.165) is 16.0 Å². The van der Waals surface area contributed by atoms with E-state index >= 15 is 0 Å². The molecule has 0 heterocycles. The number of aryl methyl sites for hydroxylation is 2. The van der Waals surface area contributed by atoms with Gasteiger partial charge in [-0.15, -0.1) is 0 Å². The first kappa shape index (κ1) is 34.1. The molecule has 0 spiro atoms. The molecule has 0 aromatic heterocycles. The Kier molecular flexibility index (Phi) is 14.9. The summed E-state index contributed by atoms with van der Waals surface area (Å²) >= 11 is 0. The molecule has 2 aromatic carbocycles. The number of aliphatic carboxylic acids is 1. The molecule has 1 N–H and O–H groups in total. The first-order valence-corrected chi connectivity index (χ1v) is 13.5. The lowest BCUT2D eigenvalue weighted by Gasteiger charge is -2.23. The highest BCUT2D eigenvalue weighted by molar-refractivity contribution is 6.00. The van der Waals surface area contributed by atoms with Crippen LogP contribution in [0.15, 0.2) is 48.5 Å². The number of nitrogens with zero attached hydrogens (tertiary/aromatic N) is 3. The summed E-state index contributed by atoms with van der Waals surface area (Å²) in [5.74, 6) is -2.18. The van der Waals surface area contributed by atoms with Crippen LogP contribution in [0.2, 0.25) is 0 Å². The molecule has 228 valence electrons. The number of likely N-dealkylation sites (N-methyl/N-ethyl adjacent to an activating group) is 1. The highest BCUT2D eigenvalue weighted by atomic mass is 16.5. The minimum absolute atomic E-state index is 0.0319. The van der Waals surface area contributed by atoms with Crippen molar-refractivity contribution < 1.29 is 43.3 Å². The van der Waals surface area contributed by atoms with Gasteiger partial charge in [0.1, 0.15) is 13.2 Å². The third kappa shape index (κ3) is 11.4. The average molecular weight is 586 g/mol. The van der Waals surface area contributed by atoms with Crippen molar-refractivity contribution in [2.45, 2.75) is 13.8 Å². The molecule has 0 atom stereocenters. The van der Waals surface area contributed by atoms with Crippen molar-refractivity contribution >= 4 is 30.1 Å². The molecule has 12 heteroatoms. The van der Waals surface area contributed by atoms with Gasteiger partial charge in [-0.25, -0.2) is 4.79 Å². The summed E-state index contributed by atoms with van der Waals surface area (Å²) < 4.78 is 16.2. The SMILES string of the molecule is Cc1ccccc1C(=O)N(C)CCOCCN(CCOCCN(C=O)C(=O)c1ccccc1C)C(=O)COCC(=O)O. The molecule has 42 heavy (non-hydrogen) atoms. The quantitative estimate of drug-likeness (QED) is 0.192. The van der Waals surface area contributed by atoms with Crippen LogP contribution in [0.3, 0.4) is 0 Å². The van der Waals surface area contributed by atoms with Crippen molar-refractivity contribution in [2.24, 2.45) is 0 Å². The van der Waals surface area contributed by atoms with Crippen LogP contribution >= 0.6 is 0 Å². The Bertz CT molecular complexity index is 1200. The zero-order chi connectivity index (χ0) is 30.9. The van der Waals surface area contributed by atoms with Crippen LogP contribution < -0.4 is 0 Å². The normalized spacial score (nSPS) is 10.6. The van der Waals surface area contributed by atoms with E-state index in [0.29, 0.717) is 24.1 Å². The number of rotatable bonds is 19. The molecule has 0 aliphatic carbocycles. The third-order valence-electron chi connectivity index (χ3n) is 6.35. The molecule has 0 aliphatic heterocycles. The van der Waals surface area contributed by atoms with Crippen LogP contribution in [0.1, 0.15) is 31.8 Å². The van der Waals surface area contributed by atoms with Crippen molar-refractivity contribution in [3.63, 3.8) is 0 Å². The predicted molar refractivity (Wildman–Crippen MR) is 153 cm³/mol. The Morgan fingerprint density at radius 2 is 1.21 bits per heavy atom. The Morgan fingerprint density at radius 1 is 0.714 bits per heavy atom. The Morgan fingerprint density at radius 3 is 1.74 bits per heavy atom. The number of amides is 4. The van der Waals surface area contributed by atoms with Gasteiger partial charge in [0.2, 0.25) is 12.3 Å². The number of carbonyl (C=O) groups is 5. The summed E-state index contributed by atoms with van der Waals surface area (Å²) in [7, 11) is 1.69. The van der Waals surface area contributed by atoms with E-state index in [2.05, 4.69) is 0 Å². The molecule has 4 amide bonds. The topological polar surface area (TPSA) is 143 Å². The zero-order valence-corrected chi connectivity index (χ0v) is 24.3. The van der Waals surface area contributed by atoms with Crippen molar-refractivity contribution in [1.82, 2.24) is 14.7 Å². The maximum absolute atomic E-state index is 12.6. The highest BCUT2D eigenvalue weighted by Crippen LogP contribution is 2.11. The van der Waals surface area contributed by atoms with E-state index in [-0.39, 0.29) is 52.0 Å². The van der Waals surface area contributed by atoms with Gasteiger partial charge >= 0.3 is 5.97 Å². The fraction of sp³-hybridized carbons (Fsp3) is 0.433. The lowest BCUT2D eigenvalue weighted by atomic mass is 10.1. The Balaban J connectivity index is 1.79. The maximum atomic E-state index is 12.6. The van der Waals surface area contributed by atoms with Crippen molar-refractivity contribution in [1.29, 1.82) is 0 Å². The second-order valence-corrected chi connectivity index (χ2v) is 9.45. The summed E-state index contributed by atoms with van der Waals surface area (Å²) in [6, 6.07) is 14.3. The van der Waals surface area contributed by atoms with Crippen molar-refractivity contribution in [3.8, 4) is 0 Å². The summed E-state index contributed by atoms with van der Waals surface area (Å²) in [6.45, 7) is 3.91. The fourth-order valence-electron chi connectivity index (χ4n) is 3.89. The minimum Gasteiger partial charge on any atom is -0.480 e. The number of carbonyl (C=O) groups excluding carboxylic acids is 4. The largest absolute Gasteiger partial charge is 0.480 e. The van der Waals surface area contributed by atoms with Gasteiger partial charge in [0, 0.05) is 37.8 Å². The molecule has 2 aromatic rings. The molecule has 0 unspecified atom stereocenters. The number of hydrogen-bond acceptors (Lipinski definition) is 8. The lowest BCUT2D eigenvalue weighted by Crippen LogP contribution is -2.40. The number of imide groups is 1. The molecule has 0 saturated carbocycles. The molecule has 0 fully saturated rings. The van der Waals surface area contributed by atoms with Crippen LogP contribution in [0, 0.1) is 13.8 Å². The first-order chi connectivity index (χ1) is 20.1. The number of benzene rings is 2. The van der Waals surface area contributed by atoms with Crippen molar-refractivity contribution in [2.75, 3.05) is 72.9 Å². The van der Waals surface area contributed by atoms with Gasteiger partial charge in [0.05, 0.1) is 33.0 Å². The van der Waals surface area contributed by atoms with Crippen molar-refractivity contribution in [3.05, 3.63) is 70.8 Å². The number of carboxylic acid groups (broad SMARTS) is 1. The zero-order valence-electron chi connectivity index (χ0n) is 24.3. The average Bonchev–Trinajstić information content (AvgIpc) is 2.97. The number of carboxylic acids is 1. The number of hydrogen-bond donors (Lipinski definition) is 1. The van der Waals surface area contributed by atoms with Gasteiger partial charge in [-0.1, -0.05) is 36.4 Å². The highest BCUT2D eigenvalue weighted by Gasteiger charge is 2.18. The monoisotopic (exact) mass is 585 g/mol. The van der Waals surface area contributed by atoms with Crippen LogP contribution in [0.5, 0.6) is 0 Å². The van der Waals surface area contributed by atoms with Gasteiger partial charge in [-0.3, -0.25) is 24.1 Å². The van der Waals surface area contributed by atoms with E-state index in [1.807, 2.05) is 25.1 Å². The van der Waals surface area contributed by atoms with Gasteiger partial charge < -0.3 is 29.1 Å². The van der Waals surface area contributed by atoms with E-state index < -0.39 is 31.0 Å². The predicted octanol–water partition coefficient (Wildman–Crippen LogP) is 1.64.